The Labute approximate surface area is 133 Å². The van der Waals surface area contributed by atoms with E-state index in [1.54, 1.807) is 25.4 Å². The third-order valence-corrected chi connectivity index (χ3v) is 3.22. The summed E-state index contributed by atoms with van der Waals surface area (Å²) in [4.78, 5) is 12.6. The highest BCUT2D eigenvalue weighted by Gasteiger charge is 2.23. The summed E-state index contributed by atoms with van der Waals surface area (Å²) in [6, 6.07) is 7.15. The minimum Gasteiger partial charge on any atom is -0.356 e. The van der Waals surface area contributed by atoms with E-state index >= 15 is 0 Å². The molecule has 0 amide bonds. The maximum Gasteiger partial charge on any atom is 0.298 e. The molecule has 116 valence electrons. The number of halogens is 1. The molecule has 1 N–H and O–H groups in total. The van der Waals surface area contributed by atoms with Crippen molar-refractivity contribution < 1.29 is 0 Å². The first-order valence-corrected chi connectivity index (χ1v) is 7.18. The summed E-state index contributed by atoms with van der Waals surface area (Å²) in [7, 11) is 1.66. The van der Waals surface area contributed by atoms with E-state index in [0.29, 0.717) is 10.7 Å². The fraction of sp³-hybridized carbons (Fsp3) is 0.333. The molecule has 0 radical (unpaired) electrons. The Balaban J connectivity index is 2.49. The molecule has 0 aliphatic carbocycles. The highest BCUT2D eigenvalue weighted by atomic mass is 35.5. The van der Waals surface area contributed by atoms with Gasteiger partial charge < -0.3 is 5.32 Å². The Morgan fingerprint density at radius 1 is 1.23 bits per heavy atom. The zero-order valence-corrected chi connectivity index (χ0v) is 13.7. The molecule has 0 saturated heterocycles. The van der Waals surface area contributed by atoms with E-state index in [1.165, 1.54) is 4.68 Å². The van der Waals surface area contributed by atoms with E-state index in [9.17, 15) is 4.79 Å². The lowest BCUT2D eigenvalue weighted by Crippen LogP contribution is -2.33. The second kappa shape index (κ2) is 6.27. The number of benzene rings is 1. The lowest BCUT2D eigenvalue weighted by Gasteiger charge is -2.17. The molecule has 2 rings (SSSR count). The van der Waals surface area contributed by atoms with Crippen molar-refractivity contribution in [3.63, 3.8) is 0 Å². The minimum absolute atomic E-state index is 0.281. The van der Waals surface area contributed by atoms with Crippen LogP contribution in [-0.4, -0.2) is 28.1 Å². The van der Waals surface area contributed by atoms with Gasteiger partial charge in [-0.25, -0.2) is 0 Å². The first kappa shape index (κ1) is 16.2. The van der Waals surface area contributed by atoms with E-state index in [1.807, 2.05) is 32.9 Å². The minimum atomic E-state index is -0.409. The normalized spacial score (nSPS) is 11.9. The average Bonchev–Trinajstić information content (AvgIpc) is 2.46. The lowest BCUT2D eigenvalue weighted by atomic mass is 9.93. The molecule has 0 bridgehead atoms. The number of anilines is 1. The van der Waals surface area contributed by atoms with Crippen molar-refractivity contribution in [2.75, 3.05) is 12.4 Å². The number of nitrogens with one attached hydrogen (secondary N) is 1. The number of aromatic nitrogens is 3. The van der Waals surface area contributed by atoms with Gasteiger partial charge in [-0.05, 0) is 17.7 Å². The number of nitrogens with zero attached hydrogens (tertiary/aromatic N) is 4. The maximum atomic E-state index is 12.6. The molecule has 0 fully saturated rings. The van der Waals surface area contributed by atoms with Crippen molar-refractivity contribution in [2.24, 2.45) is 5.10 Å². The maximum absolute atomic E-state index is 12.6. The van der Waals surface area contributed by atoms with Gasteiger partial charge in [0, 0.05) is 17.5 Å². The third-order valence-electron chi connectivity index (χ3n) is 2.97. The van der Waals surface area contributed by atoms with E-state index in [4.69, 9.17) is 11.6 Å². The molecule has 0 unspecified atom stereocenters. The molecule has 1 aromatic heterocycles. The van der Waals surface area contributed by atoms with Gasteiger partial charge in [0.15, 0.2) is 0 Å². The van der Waals surface area contributed by atoms with Gasteiger partial charge in [0.1, 0.15) is 5.69 Å². The third kappa shape index (κ3) is 3.51. The van der Waals surface area contributed by atoms with E-state index in [0.717, 1.165) is 5.56 Å². The second-order valence-electron chi connectivity index (χ2n) is 5.79. The predicted octanol–water partition coefficient (Wildman–Crippen LogP) is 2.51. The van der Waals surface area contributed by atoms with Crippen LogP contribution in [0.2, 0.25) is 5.02 Å². The Kier molecular flexibility index (Phi) is 4.61. The molecule has 0 saturated carbocycles. The predicted molar refractivity (Wildman–Crippen MR) is 89.0 cm³/mol. The van der Waals surface area contributed by atoms with Gasteiger partial charge in [-0.15, -0.1) is 10.2 Å². The van der Waals surface area contributed by atoms with Crippen LogP contribution in [0, 0.1) is 0 Å². The molecule has 0 atom stereocenters. The molecule has 22 heavy (non-hydrogen) atoms. The van der Waals surface area contributed by atoms with E-state index < -0.39 is 5.41 Å². The Morgan fingerprint density at radius 3 is 2.41 bits per heavy atom. The SMILES string of the molecule is CNc1nnc(C(C)(C)C)c(=O)n1N=Cc1ccc(Cl)cc1. The zero-order chi connectivity index (χ0) is 16.3. The van der Waals surface area contributed by atoms with Crippen LogP contribution in [0.1, 0.15) is 32.0 Å². The quantitative estimate of drug-likeness (QED) is 0.882. The van der Waals surface area contributed by atoms with Crippen LogP contribution in [0.5, 0.6) is 0 Å². The second-order valence-corrected chi connectivity index (χ2v) is 6.22. The molecule has 0 aliphatic heterocycles. The summed E-state index contributed by atoms with van der Waals surface area (Å²) in [6.07, 6.45) is 1.58. The monoisotopic (exact) mass is 319 g/mol. The standard InChI is InChI=1S/C15H18ClN5O/c1-15(2,3)12-13(22)21(14(17-4)20-19-12)18-9-10-5-7-11(16)8-6-10/h5-9H,1-4H3,(H,17,20). The van der Waals surface area contributed by atoms with Crippen molar-refractivity contribution in [3.8, 4) is 0 Å². The van der Waals surface area contributed by atoms with Crippen molar-refractivity contribution in [1.29, 1.82) is 0 Å². The van der Waals surface area contributed by atoms with Crippen molar-refractivity contribution in [1.82, 2.24) is 14.9 Å². The van der Waals surface area contributed by atoms with Gasteiger partial charge in [0.05, 0.1) is 6.21 Å². The summed E-state index contributed by atoms with van der Waals surface area (Å²) < 4.78 is 1.21. The zero-order valence-electron chi connectivity index (χ0n) is 13.0. The molecule has 0 aliphatic rings. The largest absolute Gasteiger partial charge is 0.356 e. The van der Waals surface area contributed by atoms with Gasteiger partial charge in [-0.1, -0.05) is 44.5 Å². The molecule has 2 aromatic rings. The first-order valence-electron chi connectivity index (χ1n) is 6.81. The Morgan fingerprint density at radius 2 is 1.86 bits per heavy atom. The van der Waals surface area contributed by atoms with Gasteiger partial charge in [0.2, 0.25) is 5.95 Å². The highest BCUT2D eigenvalue weighted by molar-refractivity contribution is 6.30. The topological polar surface area (TPSA) is 72.2 Å². The van der Waals surface area contributed by atoms with Gasteiger partial charge in [-0.2, -0.15) is 9.78 Å². The van der Waals surface area contributed by atoms with Gasteiger partial charge in [-0.3, -0.25) is 4.79 Å². The fourth-order valence-corrected chi connectivity index (χ4v) is 1.91. The lowest BCUT2D eigenvalue weighted by molar-refractivity contribution is 0.534. The highest BCUT2D eigenvalue weighted by Crippen LogP contribution is 2.16. The summed E-state index contributed by atoms with van der Waals surface area (Å²) in [5, 5.41) is 15.7. The van der Waals surface area contributed by atoms with Crippen LogP contribution in [0.3, 0.4) is 0 Å². The smallest absolute Gasteiger partial charge is 0.298 e. The summed E-state index contributed by atoms with van der Waals surface area (Å²) in [5.74, 6) is 0.281. The number of hydrogen-bond acceptors (Lipinski definition) is 5. The van der Waals surface area contributed by atoms with E-state index in [2.05, 4.69) is 20.6 Å². The van der Waals surface area contributed by atoms with E-state index in [-0.39, 0.29) is 11.5 Å². The van der Waals surface area contributed by atoms with Gasteiger partial charge >= 0.3 is 0 Å². The Hall–Kier alpha value is -2.21. The molecular formula is C15H18ClN5O. The summed E-state index contributed by atoms with van der Waals surface area (Å²) in [5.41, 5.74) is 0.484. The van der Waals surface area contributed by atoms with Crippen molar-refractivity contribution in [3.05, 3.63) is 50.9 Å². The molecule has 1 heterocycles. The van der Waals surface area contributed by atoms with Crippen LogP contribution in [0.25, 0.3) is 0 Å². The molecule has 1 aromatic carbocycles. The van der Waals surface area contributed by atoms with Gasteiger partial charge in [0.25, 0.3) is 5.56 Å². The molecule has 7 heteroatoms. The number of rotatable bonds is 3. The molecule has 0 spiro atoms. The van der Waals surface area contributed by atoms with Crippen LogP contribution >= 0.6 is 11.6 Å². The molecular weight excluding hydrogens is 302 g/mol. The molecule has 6 nitrogen and oxygen atoms in total. The number of hydrogen-bond donors (Lipinski definition) is 1. The van der Waals surface area contributed by atoms with Crippen molar-refractivity contribution >= 4 is 23.8 Å². The van der Waals surface area contributed by atoms with Crippen molar-refractivity contribution in [2.45, 2.75) is 26.2 Å². The first-order chi connectivity index (χ1) is 10.3. The average molecular weight is 320 g/mol. The summed E-state index contributed by atoms with van der Waals surface area (Å²) >= 11 is 5.84. The Bertz CT molecular complexity index is 744. The van der Waals surface area contributed by atoms with Crippen LogP contribution in [0.15, 0.2) is 34.2 Å². The van der Waals surface area contributed by atoms with Crippen LogP contribution < -0.4 is 10.9 Å². The fourth-order valence-electron chi connectivity index (χ4n) is 1.79. The summed E-state index contributed by atoms with van der Waals surface area (Å²) in [6.45, 7) is 5.72. The van der Waals surface area contributed by atoms with Crippen LogP contribution in [0.4, 0.5) is 5.95 Å². The van der Waals surface area contributed by atoms with Crippen LogP contribution in [-0.2, 0) is 5.41 Å².